The van der Waals surface area contributed by atoms with E-state index in [1.54, 1.807) is 0 Å². The highest BCUT2D eigenvalue weighted by molar-refractivity contribution is 6.27. The van der Waals surface area contributed by atoms with Crippen LogP contribution < -0.4 is 0 Å². The zero-order valence-electron chi connectivity index (χ0n) is 33.1. The Balaban J connectivity index is 1.06. The number of hydrogen-bond donors (Lipinski definition) is 0. The Morgan fingerprint density at radius 3 is 1.65 bits per heavy atom. The maximum Gasteiger partial charge on any atom is 0.235 e. The van der Waals surface area contributed by atoms with Crippen molar-refractivity contribution in [1.82, 2.24) is 19.1 Å². The van der Waals surface area contributed by atoms with E-state index in [2.05, 4.69) is 179 Å². The smallest absolute Gasteiger partial charge is 0.235 e. The number of rotatable bonds is 4. The van der Waals surface area contributed by atoms with Crippen LogP contribution in [0.2, 0.25) is 0 Å². The summed E-state index contributed by atoms with van der Waals surface area (Å²) in [6.07, 6.45) is 0. The number of hydrogen-bond acceptors (Lipinski definition) is 4. The molecule has 0 N–H and O–H groups in total. The second kappa shape index (κ2) is 12.5. The highest BCUT2D eigenvalue weighted by atomic mass is 16.3. The molecule has 0 aliphatic rings. The second-order valence-corrected chi connectivity index (χ2v) is 16.1. The molecule has 0 amide bonds. The van der Waals surface area contributed by atoms with E-state index in [4.69, 9.17) is 18.8 Å². The van der Waals surface area contributed by atoms with Gasteiger partial charge in [-0.25, -0.2) is 9.97 Å². The molecule has 0 fully saturated rings. The molecule has 0 bridgehead atoms. The number of para-hydroxylation sites is 6. The fraction of sp³-hybridized carbons (Fsp3) is 0. The molecule has 0 aliphatic heterocycles. The van der Waals surface area contributed by atoms with Crippen molar-refractivity contribution in [2.45, 2.75) is 0 Å². The van der Waals surface area contributed by atoms with E-state index in [1.165, 1.54) is 21.8 Å². The molecule has 14 aromatic rings. The molecule has 5 aromatic heterocycles. The Kier molecular flexibility index (Phi) is 6.74. The average molecular weight is 793 g/mol. The molecule has 288 valence electrons. The molecule has 0 saturated heterocycles. The second-order valence-electron chi connectivity index (χ2n) is 16.1. The van der Waals surface area contributed by atoms with Crippen molar-refractivity contribution in [2.75, 3.05) is 0 Å². The number of nitrogens with zero attached hydrogens (tertiary/aromatic N) is 4. The first-order valence-corrected chi connectivity index (χ1v) is 20.9. The third-order valence-corrected chi connectivity index (χ3v) is 12.7. The molecule has 62 heavy (non-hydrogen) atoms. The first-order valence-electron chi connectivity index (χ1n) is 20.9. The van der Waals surface area contributed by atoms with Gasteiger partial charge < -0.3 is 13.4 Å². The van der Waals surface area contributed by atoms with Crippen LogP contribution in [-0.4, -0.2) is 19.1 Å². The lowest BCUT2D eigenvalue weighted by Gasteiger charge is -2.14. The van der Waals surface area contributed by atoms with E-state index in [0.29, 0.717) is 5.95 Å². The molecule has 0 unspecified atom stereocenters. The zero-order chi connectivity index (χ0) is 40.5. The minimum absolute atomic E-state index is 0.584. The molecule has 5 heterocycles. The molecule has 9 aromatic carbocycles. The van der Waals surface area contributed by atoms with Crippen LogP contribution in [0.1, 0.15) is 0 Å². The zero-order valence-corrected chi connectivity index (χ0v) is 33.1. The van der Waals surface area contributed by atoms with Gasteiger partial charge in [0.1, 0.15) is 22.3 Å². The first kappa shape index (κ1) is 33.4. The van der Waals surface area contributed by atoms with Gasteiger partial charge in [-0.15, -0.1) is 0 Å². The summed E-state index contributed by atoms with van der Waals surface area (Å²) in [5.41, 5.74) is 13.7. The summed E-state index contributed by atoms with van der Waals surface area (Å²) >= 11 is 0. The highest BCUT2D eigenvalue weighted by Gasteiger charge is 2.25. The van der Waals surface area contributed by atoms with Gasteiger partial charge in [0.2, 0.25) is 5.95 Å². The number of aromatic nitrogens is 4. The summed E-state index contributed by atoms with van der Waals surface area (Å²) < 4.78 is 17.7. The molecule has 6 nitrogen and oxygen atoms in total. The van der Waals surface area contributed by atoms with Crippen LogP contribution in [0.4, 0.5) is 0 Å². The molecule has 0 atom stereocenters. The van der Waals surface area contributed by atoms with Crippen molar-refractivity contribution in [2.24, 2.45) is 0 Å². The van der Waals surface area contributed by atoms with Crippen LogP contribution in [0.3, 0.4) is 0 Å². The van der Waals surface area contributed by atoms with Gasteiger partial charge >= 0.3 is 0 Å². The molecule has 0 saturated carbocycles. The summed E-state index contributed by atoms with van der Waals surface area (Å²) in [6, 6.07) is 68.3. The Labute approximate surface area is 353 Å². The average Bonchev–Trinajstić information content (AvgIpc) is 4.09. The van der Waals surface area contributed by atoms with Gasteiger partial charge in [0, 0.05) is 59.9 Å². The highest BCUT2D eigenvalue weighted by Crippen LogP contribution is 2.46. The number of furan rings is 2. The summed E-state index contributed by atoms with van der Waals surface area (Å²) in [5, 5.41) is 9.83. The Bertz CT molecular complexity index is 4110. The monoisotopic (exact) mass is 792 g/mol. The van der Waals surface area contributed by atoms with Crippen molar-refractivity contribution in [3.8, 4) is 34.0 Å². The van der Waals surface area contributed by atoms with Crippen LogP contribution in [0.5, 0.6) is 0 Å². The summed E-state index contributed by atoms with van der Waals surface area (Å²) in [5.74, 6) is 0.584. The topological polar surface area (TPSA) is 61.9 Å². The lowest BCUT2D eigenvalue weighted by Crippen LogP contribution is -2.04. The van der Waals surface area contributed by atoms with E-state index in [0.717, 1.165) is 105 Å². The lowest BCUT2D eigenvalue weighted by molar-refractivity contribution is 0.669. The fourth-order valence-electron chi connectivity index (χ4n) is 10.0. The largest absolute Gasteiger partial charge is 0.456 e. The molecular weight excluding hydrogens is 761 g/mol. The van der Waals surface area contributed by atoms with Crippen LogP contribution in [0.15, 0.2) is 203 Å². The SMILES string of the molecule is c1ccc2c(-c3ccc4oc5ccccc5c4c3)nc(-n3c4ccccc4c4c5oc6ccccc6c5cc(-c5ccc(-n6c7ccccc7c7ccccc76)cc5)c43)nc2c1. The van der Waals surface area contributed by atoms with Crippen molar-refractivity contribution in [3.63, 3.8) is 0 Å². The van der Waals surface area contributed by atoms with E-state index in [9.17, 15) is 0 Å². The van der Waals surface area contributed by atoms with Crippen molar-refractivity contribution in [1.29, 1.82) is 0 Å². The minimum Gasteiger partial charge on any atom is -0.456 e. The van der Waals surface area contributed by atoms with Crippen LogP contribution in [-0.2, 0) is 0 Å². The quantitative estimate of drug-likeness (QED) is 0.178. The lowest BCUT2D eigenvalue weighted by atomic mass is 9.98. The fourth-order valence-corrected chi connectivity index (χ4v) is 10.0. The van der Waals surface area contributed by atoms with E-state index < -0.39 is 0 Å². The third kappa shape index (κ3) is 4.63. The molecule has 0 radical (unpaired) electrons. The Morgan fingerprint density at radius 2 is 0.919 bits per heavy atom. The molecule has 0 aliphatic carbocycles. The van der Waals surface area contributed by atoms with Gasteiger partial charge in [-0.05, 0) is 78.4 Å². The number of benzene rings is 9. The van der Waals surface area contributed by atoms with E-state index in [-0.39, 0.29) is 0 Å². The van der Waals surface area contributed by atoms with Crippen LogP contribution in [0.25, 0.3) is 132 Å². The summed E-state index contributed by atoms with van der Waals surface area (Å²) in [6.45, 7) is 0. The van der Waals surface area contributed by atoms with Gasteiger partial charge in [0.05, 0.1) is 38.7 Å². The van der Waals surface area contributed by atoms with Crippen molar-refractivity contribution >= 4 is 98.4 Å². The molecule has 6 heteroatoms. The van der Waals surface area contributed by atoms with Crippen LogP contribution in [0, 0.1) is 0 Å². The number of fused-ring (bicyclic) bond motifs is 14. The summed E-state index contributed by atoms with van der Waals surface area (Å²) in [7, 11) is 0. The predicted molar refractivity (Wildman–Crippen MR) is 254 cm³/mol. The molecular formula is C56H32N4O2. The molecule has 0 spiro atoms. The van der Waals surface area contributed by atoms with Crippen molar-refractivity contribution < 1.29 is 8.83 Å². The maximum atomic E-state index is 6.83. The van der Waals surface area contributed by atoms with E-state index >= 15 is 0 Å². The van der Waals surface area contributed by atoms with Gasteiger partial charge in [0.15, 0.2) is 0 Å². The normalized spacial score (nSPS) is 12.2. The van der Waals surface area contributed by atoms with Gasteiger partial charge in [-0.3, -0.25) is 4.57 Å². The van der Waals surface area contributed by atoms with Crippen molar-refractivity contribution in [3.05, 3.63) is 194 Å². The molecule has 14 rings (SSSR count). The van der Waals surface area contributed by atoms with Gasteiger partial charge in [-0.2, -0.15) is 0 Å². The van der Waals surface area contributed by atoms with Gasteiger partial charge in [-0.1, -0.05) is 121 Å². The van der Waals surface area contributed by atoms with Gasteiger partial charge in [0.25, 0.3) is 0 Å². The predicted octanol–water partition coefficient (Wildman–Crippen LogP) is 15.0. The minimum atomic E-state index is 0.584. The Morgan fingerprint density at radius 1 is 0.371 bits per heavy atom. The first-order chi connectivity index (χ1) is 30.7. The third-order valence-electron chi connectivity index (χ3n) is 12.7. The summed E-state index contributed by atoms with van der Waals surface area (Å²) in [4.78, 5) is 10.9. The Hall–Kier alpha value is -8.48. The van der Waals surface area contributed by atoms with Crippen LogP contribution >= 0.6 is 0 Å². The van der Waals surface area contributed by atoms with E-state index in [1.807, 2.05) is 24.3 Å². The standard InChI is InChI=1S/C56H32N4O2/c1-7-19-45-40(17-1)53(34-27-30-51-43(31-34)38-15-5-11-23-49(38)61-51)58-56(57-45)60-48-22-10-4-18-41(48)52-54(60)42(32-44-39-16-6-12-24-50(39)62-55(44)52)33-25-28-35(29-26-33)59-46-20-8-2-13-36(46)37-14-3-9-21-47(37)59/h1-32H. The maximum absolute atomic E-state index is 6.83.